The number of amides is 1. The Morgan fingerprint density at radius 3 is 2.64 bits per heavy atom. The van der Waals surface area contributed by atoms with Crippen LogP contribution in [0.1, 0.15) is 44.2 Å². The number of hydrogen-bond donors (Lipinski definition) is 0. The van der Waals surface area contributed by atoms with Crippen molar-refractivity contribution >= 4 is 46.4 Å². The van der Waals surface area contributed by atoms with Crippen molar-refractivity contribution in [2.75, 3.05) is 11.9 Å². The minimum absolute atomic E-state index is 0.000659. The molecule has 4 rings (SSSR count). The van der Waals surface area contributed by atoms with E-state index >= 15 is 0 Å². The van der Waals surface area contributed by atoms with E-state index in [4.69, 9.17) is 23.8 Å². The minimum atomic E-state index is -1.34. The molecule has 1 aliphatic heterocycles. The molecule has 5 atom stereocenters. The van der Waals surface area contributed by atoms with Crippen molar-refractivity contribution < 1.29 is 9.59 Å². The first-order valence-corrected chi connectivity index (χ1v) is 10.3. The summed E-state index contributed by atoms with van der Waals surface area (Å²) in [6, 6.07) is 5.68. The fourth-order valence-corrected chi connectivity index (χ4v) is 6.30. The first kappa shape index (κ1) is 19.5. The van der Waals surface area contributed by atoms with Gasteiger partial charge in [0.05, 0.1) is 11.1 Å². The van der Waals surface area contributed by atoms with E-state index in [1.54, 1.807) is 18.0 Å². The number of carbonyl (C=O) groups is 2. The van der Waals surface area contributed by atoms with Gasteiger partial charge in [0.25, 0.3) is 0 Å². The molecular weight excluding hydrogens is 392 g/mol. The fourth-order valence-electron chi connectivity index (χ4n) is 5.74. The van der Waals surface area contributed by atoms with Crippen LogP contribution >= 0.6 is 23.8 Å². The molecule has 0 N–H and O–H groups in total. The average Bonchev–Trinajstić information content (AvgIpc) is 2.90. The van der Waals surface area contributed by atoms with E-state index < -0.39 is 28.2 Å². The number of halogens is 1. The van der Waals surface area contributed by atoms with Crippen LogP contribution in [0.15, 0.2) is 35.8 Å². The third-order valence-corrected chi connectivity index (χ3v) is 8.25. The second-order valence-electron chi connectivity index (χ2n) is 8.91. The van der Waals surface area contributed by atoms with Crippen molar-refractivity contribution in [1.82, 2.24) is 0 Å². The van der Waals surface area contributed by atoms with Gasteiger partial charge in [-0.1, -0.05) is 39.0 Å². The predicted octanol–water partition coefficient (Wildman–Crippen LogP) is 4.47. The first-order chi connectivity index (χ1) is 13.1. The van der Waals surface area contributed by atoms with Crippen LogP contribution in [0.3, 0.4) is 0 Å². The minimum Gasteiger partial charge on any atom is -0.315 e. The van der Waals surface area contributed by atoms with Gasteiger partial charge >= 0.3 is 0 Å². The Hall–Kier alpha value is -1.81. The molecule has 1 heterocycles. The summed E-state index contributed by atoms with van der Waals surface area (Å²) in [4.78, 5) is 33.6. The SMILES string of the molecule is C=C[C@]1(C)[C@H](Cl)C[C@@H]2C(=O)[C@]1(N=C=S)c1cccc3c1[C@H](C(=O)N3C)C2(C)C. The van der Waals surface area contributed by atoms with Gasteiger partial charge in [0.1, 0.15) is 0 Å². The summed E-state index contributed by atoms with van der Waals surface area (Å²) in [5.74, 6) is -0.917. The van der Waals surface area contributed by atoms with Crippen LogP contribution in [0, 0.1) is 16.7 Å². The Morgan fingerprint density at radius 2 is 2.04 bits per heavy atom. The van der Waals surface area contributed by atoms with Crippen LogP contribution in [0.5, 0.6) is 0 Å². The Morgan fingerprint density at radius 1 is 1.36 bits per heavy atom. The molecule has 2 bridgehead atoms. The smallest absolute Gasteiger partial charge is 0.234 e. The van der Waals surface area contributed by atoms with E-state index in [2.05, 4.69) is 16.7 Å². The van der Waals surface area contributed by atoms with Gasteiger partial charge in [0.15, 0.2) is 11.3 Å². The summed E-state index contributed by atoms with van der Waals surface area (Å²) in [5, 5.41) is 2.09. The van der Waals surface area contributed by atoms with E-state index in [1.165, 1.54) is 0 Å². The molecule has 146 valence electrons. The second-order valence-corrected chi connectivity index (χ2v) is 9.62. The number of Topliss-reactive ketones (excluding diaryl/α,β-unsaturated/α-hetero) is 1. The number of anilines is 1. The number of rotatable bonds is 2. The highest BCUT2D eigenvalue weighted by atomic mass is 35.5. The zero-order valence-electron chi connectivity index (χ0n) is 16.5. The first-order valence-electron chi connectivity index (χ1n) is 9.41. The maximum Gasteiger partial charge on any atom is 0.234 e. The van der Waals surface area contributed by atoms with Gasteiger partial charge in [-0.15, -0.1) is 18.2 Å². The number of alkyl halides is 1. The second kappa shape index (κ2) is 5.85. The fraction of sp³-hybridized carbons (Fsp3) is 0.500. The van der Waals surface area contributed by atoms with Gasteiger partial charge in [0.2, 0.25) is 5.91 Å². The average molecular weight is 415 g/mol. The van der Waals surface area contributed by atoms with Crippen LogP contribution in [0.2, 0.25) is 0 Å². The summed E-state index contributed by atoms with van der Waals surface area (Å²) in [6.45, 7) is 9.91. The highest BCUT2D eigenvalue weighted by Gasteiger charge is 2.69. The molecular formula is C22H23ClN2O2S. The quantitative estimate of drug-likeness (QED) is 0.310. The van der Waals surface area contributed by atoms with E-state index in [9.17, 15) is 9.59 Å². The van der Waals surface area contributed by atoms with E-state index in [0.29, 0.717) is 12.0 Å². The molecule has 1 saturated carbocycles. The van der Waals surface area contributed by atoms with E-state index in [-0.39, 0.29) is 17.1 Å². The maximum absolute atomic E-state index is 14.1. The van der Waals surface area contributed by atoms with Gasteiger partial charge in [0, 0.05) is 29.4 Å². The summed E-state index contributed by atoms with van der Waals surface area (Å²) in [7, 11) is 1.78. The molecule has 0 unspecified atom stereocenters. The van der Waals surface area contributed by atoms with Crippen molar-refractivity contribution in [2.24, 2.45) is 21.7 Å². The molecule has 0 saturated heterocycles. The monoisotopic (exact) mass is 414 g/mol. The molecule has 1 fully saturated rings. The number of likely N-dealkylation sites (N-methyl/N-ethyl adjacent to an activating group) is 1. The van der Waals surface area contributed by atoms with Crippen LogP contribution in [0.4, 0.5) is 5.69 Å². The number of benzene rings is 1. The molecule has 1 aromatic rings. The summed E-state index contributed by atoms with van der Waals surface area (Å²) in [5.41, 5.74) is -0.426. The summed E-state index contributed by atoms with van der Waals surface area (Å²) < 4.78 is 0. The molecule has 4 nitrogen and oxygen atoms in total. The molecule has 0 aromatic heterocycles. The van der Waals surface area contributed by atoms with Gasteiger partial charge < -0.3 is 4.90 Å². The lowest BCUT2D eigenvalue weighted by Crippen LogP contribution is -2.60. The highest BCUT2D eigenvalue weighted by Crippen LogP contribution is 2.66. The molecule has 1 aromatic carbocycles. The molecule has 28 heavy (non-hydrogen) atoms. The van der Waals surface area contributed by atoms with Gasteiger partial charge in [-0.3, -0.25) is 9.59 Å². The lowest BCUT2D eigenvalue weighted by molar-refractivity contribution is -0.141. The van der Waals surface area contributed by atoms with Crippen molar-refractivity contribution in [3.05, 3.63) is 42.0 Å². The zero-order chi connectivity index (χ0) is 20.6. The van der Waals surface area contributed by atoms with Gasteiger partial charge in [-0.05, 0) is 41.2 Å². The van der Waals surface area contributed by atoms with Crippen LogP contribution in [-0.2, 0) is 15.1 Å². The number of ketones is 1. The Balaban J connectivity index is 2.24. The zero-order valence-corrected chi connectivity index (χ0v) is 18.0. The van der Waals surface area contributed by atoms with Gasteiger partial charge in [-0.2, -0.15) is 0 Å². The number of isothiocyanates is 1. The number of thiocarbonyl (C=S) groups is 1. The molecule has 0 spiro atoms. The Bertz CT molecular complexity index is 983. The molecule has 3 aliphatic rings. The van der Waals surface area contributed by atoms with Crippen LogP contribution in [-0.4, -0.2) is 29.3 Å². The lowest BCUT2D eigenvalue weighted by atomic mass is 9.53. The molecule has 1 amide bonds. The normalized spacial score (nSPS) is 37.8. The largest absolute Gasteiger partial charge is 0.315 e. The Kier molecular flexibility index (Phi) is 4.08. The number of carbonyl (C=O) groups excluding carboxylic acids is 2. The van der Waals surface area contributed by atoms with Crippen molar-refractivity contribution in [2.45, 2.75) is 44.0 Å². The number of aliphatic imine (C=N–C) groups is 1. The number of nitrogens with zero attached hydrogens (tertiary/aromatic N) is 2. The molecule has 2 aliphatic carbocycles. The summed E-state index contributed by atoms with van der Waals surface area (Å²) in [6.07, 6.45) is 2.18. The number of fused-ring (bicyclic) bond motifs is 3. The van der Waals surface area contributed by atoms with Crippen LogP contribution in [0.25, 0.3) is 0 Å². The topological polar surface area (TPSA) is 49.7 Å². The highest BCUT2D eigenvalue weighted by molar-refractivity contribution is 7.78. The van der Waals surface area contributed by atoms with Crippen molar-refractivity contribution in [3.63, 3.8) is 0 Å². The lowest BCUT2D eigenvalue weighted by Gasteiger charge is -2.52. The van der Waals surface area contributed by atoms with Crippen LogP contribution < -0.4 is 4.90 Å². The van der Waals surface area contributed by atoms with Crippen molar-refractivity contribution in [1.29, 1.82) is 0 Å². The summed E-state index contributed by atoms with van der Waals surface area (Å²) >= 11 is 11.9. The standard InChI is InChI=1S/C22H23ClN2O2S/c1-6-21(4)15(23)10-13-18(26)22(21,24-11-28)12-8-7-9-14-16(12)17(20(13,2)3)19(27)25(14)5/h6-9,13,15,17H,1,10H2,2-5H3/t13-,15-,17-,21-,22-/m1/s1. The van der Waals surface area contributed by atoms with Gasteiger partial charge in [-0.25, -0.2) is 4.99 Å². The third-order valence-electron chi connectivity index (χ3n) is 7.53. The molecule has 6 heteroatoms. The van der Waals surface area contributed by atoms with E-state index in [0.717, 1.165) is 11.3 Å². The third kappa shape index (κ3) is 1.93. The van der Waals surface area contributed by atoms with Crippen molar-refractivity contribution in [3.8, 4) is 0 Å². The predicted molar refractivity (Wildman–Crippen MR) is 114 cm³/mol. The number of hydrogen-bond acceptors (Lipinski definition) is 4. The van der Waals surface area contributed by atoms with E-state index in [1.807, 2.05) is 39.0 Å². The Labute approximate surface area is 175 Å². The molecule has 0 radical (unpaired) electrons. The maximum atomic E-state index is 14.1.